The highest BCUT2D eigenvalue weighted by Crippen LogP contribution is 2.18. The van der Waals surface area contributed by atoms with Crippen LogP contribution in [0.1, 0.15) is 0 Å². The predicted molar refractivity (Wildman–Crippen MR) is 99.4 cm³/mol. The van der Waals surface area contributed by atoms with Gasteiger partial charge in [-0.05, 0) is 24.3 Å². The van der Waals surface area contributed by atoms with E-state index < -0.39 is 0 Å². The van der Waals surface area contributed by atoms with Gasteiger partial charge in [-0.1, -0.05) is 5.11 Å². The van der Waals surface area contributed by atoms with Gasteiger partial charge in [0.25, 0.3) is 0 Å². The van der Waals surface area contributed by atoms with Crippen molar-refractivity contribution in [1.29, 1.82) is 0 Å². The summed E-state index contributed by atoms with van der Waals surface area (Å²) in [7, 11) is 3.89. The molecule has 0 fully saturated rings. The van der Waals surface area contributed by atoms with Gasteiger partial charge in [-0.25, -0.2) is 9.13 Å². The number of nitrogens with zero attached hydrogens (tertiary/aromatic N) is 4. The predicted octanol–water partition coefficient (Wildman–Crippen LogP) is 2.08. The number of aryl methyl sites for hydroxylation is 2. The Kier molecular flexibility index (Phi) is 9.67. The van der Waals surface area contributed by atoms with Crippen LogP contribution in [0.4, 0.5) is 17.3 Å². The van der Waals surface area contributed by atoms with Crippen molar-refractivity contribution >= 4 is 28.9 Å². The zero-order valence-electron chi connectivity index (χ0n) is 14.5. The van der Waals surface area contributed by atoms with Crippen LogP contribution in [0.5, 0.6) is 0 Å². The maximum atomic E-state index is 5.42. The highest BCUT2D eigenvalue weighted by Gasteiger charge is 2.09. The standard InChI is InChI=1S/C15H23N7.CH3Cl/c1-21-11-12-22(2)15(21)20-19-14-5-3-13(4-6-14)18-10-9-17-8-7-16;1-2/h3-6,11-12,17H,7-10,16H2,1-2H3;1H3/p+1. The van der Waals surface area contributed by atoms with E-state index in [9.17, 15) is 0 Å². The molecule has 132 valence electrons. The molecular formula is C16H27ClN7+. The maximum Gasteiger partial charge on any atom is 0.421 e. The van der Waals surface area contributed by atoms with Crippen LogP contribution < -0.4 is 20.9 Å². The van der Waals surface area contributed by atoms with Gasteiger partial charge in [-0.15, -0.1) is 11.6 Å². The molecule has 0 aliphatic rings. The number of nitrogens with one attached hydrogen (secondary N) is 2. The van der Waals surface area contributed by atoms with Crippen molar-refractivity contribution < 1.29 is 4.57 Å². The minimum absolute atomic E-state index is 0.665. The average Bonchev–Trinajstić information content (AvgIpc) is 2.94. The zero-order valence-corrected chi connectivity index (χ0v) is 15.3. The first-order valence-electron chi connectivity index (χ1n) is 7.76. The second-order valence-corrected chi connectivity index (χ2v) is 5.03. The van der Waals surface area contributed by atoms with Gasteiger partial charge < -0.3 is 16.4 Å². The van der Waals surface area contributed by atoms with Crippen LogP contribution in [-0.4, -0.2) is 37.1 Å². The van der Waals surface area contributed by atoms with Crippen molar-refractivity contribution in [2.45, 2.75) is 0 Å². The average molecular weight is 353 g/mol. The van der Waals surface area contributed by atoms with Crippen LogP contribution in [0, 0.1) is 0 Å². The van der Waals surface area contributed by atoms with E-state index >= 15 is 0 Å². The van der Waals surface area contributed by atoms with Crippen molar-refractivity contribution in [3.8, 4) is 0 Å². The second-order valence-electron chi connectivity index (χ2n) is 5.03. The van der Waals surface area contributed by atoms with Gasteiger partial charge in [-0.2, -0.15) is 0 Å². The van der Waals surface area contributed by atoms with Crippen molar-refractivity contribution in [2.24, 2.45) is 30.1 Å². The quantitative estimate of drug-likeness (QED) is 0.294. The summed E-state index contributed by atoms with van der Waals surface area (Å²) >= 11 is 4.64. The monoisotopic (exact) mass is 352 g/mol. The van der Waals surface area contributed by atoms with E-state index in [1.807, 2.05) is 59.9 Å². The second kappa shape index (κ2) is 11.6. The Morgan fingerprint density at radius 2 is 1.83 bits per heavy atom. The maximum absolute atomic E-state index is 5.42. The van der Waals surface area contributed by atoms with E-state index in [4.69, 9.17) is 5.73 Å². The van der Waals surface area contributed by atoms with Crippen LogP contribution >= 0.6 is 11.6 Å². The number of nitrogens with two attached hydrogens (primary N) is 1. The lowest BCUT2D eigenvalue weighted by Crippen LogP contribution is -2.27. The Hall–Kier alpha value is -1.96. The Labute approximate surface area is 148 Å². The van der Waals surface area contributed by atoms with Crippen LogP contribution in [0.2, 0.25) is 0 Å². The number of azo groups is 1. The molecule has 0 saturated heterocycles. The number of benzene rings is 1. The van der Waals surface area contributed by atoms with Gasteiger partial charge >= 0.3 is 5.95 Å². The normalized spacial score (nSPS) is 10.5. The summed E-state index contributed by atoms with van der Waals surface area (Å²) < 4.78 is 3.85. The van der Waals surface area contributed by atoms with Crippen molar-refractivity contribution in [3.05, 3.63) is 36.7 Å². The summed E-state index contributed by atoms with van der Waals surface area (Å²) in [6, 6.07) is 7.90. The van der Waals surface area contributed by atoms with Crippen molar-refractivity contribution in [3.63, 3.8) is 0 Å². The molecule has 2 aromatic rings. The Morgan fingerprint density at radius 1 is 1.12 bits per heavy atom. The third kappa shape index (κ3) is 6.66. The molecule has 0 radical (unpaired) electrons. The van der Waals surface area contributed by atoms with E-state index in [-0.39, 0.29) is 0 Å². The molecule has 0 atom stereocenters. The summed E-state index contributed by atoms with van der Waals surface area (Å²) in [5.41, 5.74) is 7.31. The Balaban J connectivity index is 0.00000139. The molecule has 8 heteroatoms. The lowest BCUT2D eigenvalue weighted by atomic mass is 10.3. The minimum Gasteiger partial charge on any atom is -0.384 e. The molecule has 0 unspecified atom stereocenters. The molecule has 24 heavy (non-hydrogen) atoms. The number of alkyl halides is 1. The molecule has 1 heterocycles. The van der Waals surface area contributed by atoms with Crippen molar-refractivity contribution in [1.82, 2.24) is 9.88 Å². The van der Waals surface area contributed by atoms with Gasteiger partial charge in [0.2, 0.25) is 0 Å². The molecule has 0 saturated carbocycles. The molecular weight excluding hydrogens is 326 g/mol. The SMILES string of the molecule is CCl.Cn1cc[n+](C)c1N=Nc1ccc(NCCNCCN)cc1. The summed E-state index contributed by atoms with van der Waals surface area (Å²) in [5.74, 6) is 0.799. The fourth-order valence-corrected chi connectivity index (χ4v) is 1.99. The summed E-state index contributed by atoms with van der Waals surface area (Å²) in [4.78, 5) is 0. The lowest BCUT2D eigenvalue weighted by molar-refractivity contribution is -0.657. The highest BCUT2D eigenvalue weighted by atomic mass is 35.5. The molecule has 0 aliphatic heterocycles. The molecule has 1 aromatic carbocycles. The van der Waals surface area contributed by atoms with Gasteiger partial charge in [0.1, 0.15) is 5.69 Å². The zero-order chi connectivity index (χ0) is 17.8. The third-order valence-electron chi connectivity index (χ3n) is 3.22. The van der Waals surface area contributed by atoms with E-state index in [1.165, 1.54) is 6.38 Å². The number of rotatable bonds is 8. The molecule has 0 amide bonds. The molecule has 7 nitrogen and oxygen atoms in total. The Bertz CT molecular complexity index is 588. The van der Waals surface area contributed by atoms with E-state index in [0.29, 0.717) is 6.54 Å². The third-order valence-corrected chi connectivity index (χ3v) is 3.22. The lowest BCUT2D eigenvalue weighted by Gasteiger charge is -2.06. The summed E-state index contributed by atoms with van der Waals surface area (Å²) in [5, 5.41) is 15.1. The molecule has 2 rings (SSSR count). The van der Waals surface area contributed by atoms with Crippen LogP contribution in [0.15, 0.2) is 46.9 Å². The molecule has 0 bridgehead atoms. The summed E-state index contributed by atoms with van der Waals surface area (Å²) in [6.07, 6.45) is 5.36. The van der Waals surface area contributed by atoms with Crippen LogP contribution in [-0.2, 0) is 14.1 Å². The van der Waals surface area contributed by atoms with Crippen LogP contribution in [0.25, 0.3) is 0 Å². The fourth-order valence-electron chi connectivity index (χ4n) is 1.99. The first-order chi connectivity index (χ1) is 11.7. The van der Waals surface area contributed by atoms with Gasteiger partial charge in [-0.3, -0.25) is 0 Å². The fraction of sp³-hybridized carbons (Fsp3) is 0.438. The van der Waals surface area contributed by atoms with Gasteiger partial charge in [0.15, 0.2) is 0 Å². The Morgan fingerprint density at radius 3 is 2.42 bits per heavy atom. The van der Waals surface area contributed by atoms with Crippen molar-refractivity contribution in [2.75, 3.05) is 37.9 Å². The van der Waals surface area contributed by atoms with E-state index in [2.05, 4.69) is 32.5 Å². The number of hydrogen-bond donors (Lipinski definition) is 3. The first kappa shape index (κ1) is 20.1. The van der Waals surface area contributed by atoms with Gasteiger partial charge in [0, 0.05) is 43.4 Å². The molecule has 0 spiro atoms. The molecule has 0 aliphatic carbocycles. The van der Waals surface area contributed by atoms with Crippen LogP contribution in [0.3, 0.4) is 0 Å². The minimum atomic E-state index is 0.665. The van der Waals surface area contributed by atoms with E-state index in [0.717, 1.165) is 37.0 Å². The first-order valence-corrected chi connectivity index (χ1v) is 8.51. The van der Waals surface area contributed by atoms with E-state index in [1.54, 1.807) is 0 Å². The molecule has 4 N–H and O–H groups in total. The summed E-state index contributed by atoms with van der Waals surface area (Å²) in [6.45, 7) is 3.26. The number of hydrogen-bond acceptors (Lipinski definition) is 5. The smallest absolute Gasteiger partial charge is 0.384 e. The number of anilines is 1. The topological polar surface area (TPSA) is 83.6 Å². The highest BCUT2D eigenvalue weighted by molar-refractivity contribution is 6.15. The number of aromatic nitrogens is 2. The largest absolute Gasteiger partial charge is 0.421 e. The number of imidazole rings is 1. The molecule has 1 aromatic heterocycles. The van der Waals surface area contributed by atoms with Gasteiger partial charge in [0.05, 0.1) is 26.5 Å². The number of halogens is 1.